The molecule has 0 aliphatic carbocycles. The average Bonchev–Trinajstić information content (AvgIpc) is 2.86. The van der Waals surface area contributed by atoms with E-state index in [0.717, 1.165) is 28.9 Å². The average molecular weight is 258 g/mol. The second kappa shape index (κ2) is 4.67. The molecule has 1 aliphatic rings. The zero-order valence-corrected chi connectivity index (χ0v) is 10.7. The summed E-state index contributed by atoms with van der Waals surface area (Å²) in [5.41, 5.74) is 3.33. The lowest BCUT2D eigenvalue weighted by Gasteiger charge is -2.17. The van der Waals surface area contributed by atoms with Crippen molar-refractivity contribution in [3.05, 3.63) is 64.5 Å². The highest BCUT2D eigenvalue weighted by atomic mass is 19.1. The zero-order valence-electron chi connectivity index (χ0n) is 10.7. The summed E-state index contributed by atoms with van der Waals surface area (Å²) < 4.78 is 18.7. The largest absolute Gasteiger partial charge is 0.493 e. The van der Waals surface area contributed by atoms with Crippen LogP contribution in [0.1, 0.15) is 28.4 Å². The molecule has 1 heterocycles. The number of hydrogen-bond acceptors (Lipinski definition) is 2. The van der Waals surface area contributed by atoms with E-state index in [1.165, 1.54) is 12.1 Å². The van der Waals surface area contributed by atoms with Crippen molar-refractivity contribution in [2.75, 3.05) is 6.61 Å². The fourth-order valence-electron chi connectivity index (χ4n) is 2.57. The molecule has 3 rings (SSSR count). The maximum Gasteiger partial charge on any atom is 0.128 e. The van der Waals surface area contributed by atoms with Crippen LogP contribution >= 0.6 is 0 Å². The van der Waals surface area contributed by atoms with Gasteiger partial charge in [-0.05, 0) is 35.7 Å². The third-order valence-corrected chi connectivity index (χ3v) is 3.57. The van der Waals surface area contributed by atoms with Crippen molar-refractivity contribution in [2.45, 2.75) is 19.4 Å². The molecule has 98 valence electrons. The van der Waals surface area contributed by atoms with Crippen molar-refractivity contribution in [1.29, 1.82) is 0 Å². The van der Waals surface area contributed by atoms with Crippen molar-refractivity contribution in [1.82, 2.24) is 0 Å². The molecular weight excluding hydrogens is 243 g/mol. The van der Waals surface area contributed by atoms with Gasteiger partial charge in [-0.15, -0.1) is 0 Å². The van der Waals surface area contributed by atoms with Gasteiger partial charge in [0, 0.05) is 12.0 Å². The SMILES string of the molecule is Cc1cc(F)ccc1C(O)c1cccc2c1OCC2. The van der Waals surface area contributed by atoms with Gasteiger partial charge in [0.15, 0.2) is 0 Å². The first-order valence-corrected chi connectivity index (χ1v) is 6.35. The molecule has 0 aromatic heterocycles. The van der Waals surface area contributed by atoms with E-state index in [9.17, 15) is 9.50 Å². The third-order valence-electron chi connectivity index (χ3n) is 3.57. The van der Waals surface area contributed by atoms with E-state index in [1.807, 2.05) is 18.2 Å². The molecule has 1 unspecified atom stereocenters. The van der Waals surface area contributed by atoms with Crippen LogP contribution in [0.2, 0.25) is 0 Å². The van der Waals surface area contributed by atoms with Crippen molar-refractivity contribution < 1.29 is 14.2 Å². The zero-order chi connectivity index (χ0) is 13.4. The van der Waals surface area contributed by atoms with E-state index in [0.29, 0.717) is 12.2 Å². The molecule has 3 heteroatoms. The molecule has 1 N–H and O–H groups in total. The summed E-state index contributed by atoms with van der Waals surface area (Å²) in [4.78, 5) is 0. The minimum atomic E-state index is -0.784. The summed E-state index contributed by atoms with van der Waals surface area (Å²) in [6.45, 7) is 2.45. The molecule has 1 atom stereocenters. The lowest BCUT2D eigenvalue weighted by Crippen LogP contribution is -2.04. The van der Waals surface area contributed by atoms with E-state index < -0.39 is 6.10 Å². The van der Waals surface area contributed by atoms with Gasteiger partial charge in [0.25, 0.3) is 0 Å². The Hall–Kier alpha value is -1.87. The molecule has 0 fully saturated rings. The van der Waals surface area contributed by atoms with Crippen molar-refractivity contribution in [3.63, 3.8) is 0 Å². The highest BCUT2D eigenvalue weighted by Gasteiger charge is 2.22. The number of halogens is 1. The highest BCUT2D eigenvalue weighted by Crippen LogP contribution is 2.36. The molecule has 0 radical (unpaired) electrons. The van der Waals surface area contributed by atoms with Gasteiger partial charge in [-0.25, -0.2) is 4.39 Å². The number of fused-ring (bicyclic) bond motifs is 1. The van der Waals surface area contributed by atoms with Crippen LogP contribution in [0.4, 0.5) is 4.39 Å². The predicted molar refractivity (Wildman–Crippen MR) is 70.8 cm³/mol. The second-order valence-electron chi connectivity index (χ2n) is 4.84. The molecule has 0 amide bonds. The van der Waals surface area contributed by atoms with E-state index in [2.05, 4.69) is 0 Å². The number of para-hydroxylation sites is 1. The molecule has 19 heavy (non-hydrogen) atoms. The van der Waals surface area contributed by atoms with Crippen LogP contribution in [0.15, 0.2) is 36.4 Å². The summed E-state index contributed by atoms with van der Waals surface area (Å²) in [5.74, 6) is 0.488. The van der Waals surface area contributed by atoms with Crippen LogP contribution in [0, 0.1) is 12.7 Å². The molecule has 1 aliphatic heterocycles. The number of hydrogen-bond donors (Lipinski definition) is 1. The number of rotatable bonds is 2. The van der Waals surface area contributed by atoms with Gasteiger partial charge < -0.3 is 9.84 Å². The Morgan fingerprint density at radius 3 is 2.84 bits per heavy atom. The lowest BCUT2D eigenvalue weighted by atomic mass is 9.95. The van der Waals surface area contributed by atoms with E-state index in [4.69, 9.17) is 4.74 Å². The number of aliphatic hydroxyl groups excluding tert-OH is 1. The van der Waals surface area contributed by atoms with Gasteiger partial charge in [-0.1, -0.05) is 24.3 Å². The Labute approximate surface area is 111 Å². The first-order valence-electron chi connectivity index (χ1n) is 6.35. The van der Waals surface area contributed by atoms with Crippen LogP contribution in [0.3, 0.4) is 0 Å². The van der Waals surface area contributed by atoms with Gasteiger partial charge in [0.05, 0.1) is 6.61 Å². The Kier molecular flexibility index (Phi) is 2.99. The van der Waals surface area contributed by atoms with Crippen molar-refractivity contribution in [3.8, 4) is 5.75 Å². The summed E-state index contributed by atoms with van der Waals surface area (Å²) in [6, 6.07) is 10.2. The predicted octanol–water partition coefficient (Wildman–Crippen LogP) is 3.15. The maximum absolute atomic E-state index is 13.1. The van der Waals surface area contributed by atoms with Crippen molar-refractivity contribution >= 4 is 0 Å². The standard InChI is InChI=1S/C16H15FO2/c1-10-9-12(17)5-6-13(10)15(18)14-4-2-3-11-7-8-19-16(11)14/h2-6,9,15,18H,7-8H2,1H3. The molecule has 0 saturated carbocycles. The normalized spacial score (nSPS) is 14.9. The monoisotopic (exact) mass is 258 g/mol. The van der Waals surface area contributed by atoms with Crippen LogP contribution in [-0.4, -0.2) is 11.7 Å². The first kappa shape index (κ1) is 12.2. The molecule has 0 saturated heterocycles. The maximum atomic E-state index is 13.1. The van der Waals surface area contributed by atoms with Crippen molar-refractivity contribution in [2.24, 2.45) is 0 Å². The van der Waals surface area contributed by atoms with Gasteiger partial charge in [0.2, 0.25) is 0 Å². The Balaban J connectivity index is 2.05. The van der Waals surface area contributed by atoms with Crippen LogP contribution in [0.5, 0.6) is 5.75 Å². The summed E-state index contributed by atoms with van der Waals surface area (Å²) in [5, 5.41) is 10.5. The Morgan fingerprint density at radius 1 is 1.21 bits per heavy atom. The van der Waals surface area contributed by atoms with Crippen LogP contribution in [-0.2, 0) is 6.42 Å². The van der Waals surface area contributed by atoms with E-state index in [-0.39, 0.29) is 5.82 Å². The Morgan fingerprint density at radius 2 is 2.05 bits per heavy atom. The molecule has 0 bridgehead atoms. The number of benzene rings is 2. The molecule has 0 spiro atoms. The fourth-order valence-corrected chi connectivity index (χ4v) is 2.57. The highest BCUT2D eigenvalue weighted by molar-refractivity contribution is 5.48. The first-order chi connectivity index (χ1) is 9.16. The smallest absolute Gasteiger partial charge is 0.128 e. The summed E-state index contributed by atoms with van der Waals surface area (Å²) >= 11 is 0. The summed E-state index contributed by atoms with van der Waals surface area (Å²) in [6.07, 6.45) is 0.0896. The van der Waals surface area contributed by atoms with Gasteiger partial charge in [0.1, 0.15) is 17.7 Å². The number of aryl methyl sites for hydroxylation is 1. The minimum absolute atomic E-state index is 0.289. The van der Waals surface area contributed by atoms with Crippen LogP contribution in [0.25, 0.3) is 0 Å². The quantitative estimate of drug-likeness (QED) is 0.896. The molecule has 2 nitrogen and oxygen atoms in total. The lowest BCUT2D eigenvalue weighted by molar-refractivity contribution is 0.213. The van der Waals surface area contributed by atoms with Crippen LogP contribution < -0.4 is 4.74 Å². The minimum Gasteiger partial charge on any atom is -0.493 e. The second-order valence-corrected chi connectivity index (χ2v) is 4.84. The Bertz CT molecular complexity index is 622. The molecule has 2 aromatic carbocycles. The summed E-state index contributed by atoms with van der Waals surface area (Å²) in [7, 11) is 0. The van der Waals surface area contributed by atoms with Gasteiger partial charge >= 0.3 is 0 Å². The third kappa shape index (κ3) is 2.10. The molecule has 2 aromatic rings. The number of aliphatic hydroxyl groups is 1. The fraction of sp³-hybridized carbons (Fsp3) is 0.250. The van der Waals surface area contributed by atoms with E-state index in [1.54, 1.807) is 13.0 Å². The van der Waals surface area contributed by atoms with Gasteiger partial charge in [-0.2, -0.15) is 0 Å². The number of ether oxygens (including phenoxy) is 1. The molecular formula is C16H15FO2. The van der Waals surface area contributed by atoms with Gasteiger partial charge in [-0.3, -0.25) is 0 Å². The van der Waals surface area contributed by atoms with E-state index >= 15 is 0 Å². The topological polar surface area (TPSA) is 29.5 Å².